The SMILES string of the molecule is COc1ccncc1-c1nc(C)cc(C(=O)Nc2nc3cc(CN4CCOCC4)ccc3n2[C@H]2CC[C@@](C)(O)CC2)c1F. The first-order valence-electron chi connectivity index (χ1n) is 14.7. The number of pyridine rings is 2. The van der Waals surface area contributed by atoms with Crippen molar-refractivity contribution in [2.75, 3.05) is 38.7 Å². The third-order valence-corrected chi connectivity index (χ3v) is 8.47. The Labute approximate surface area is 249 Å². The number of amides is 1. The third kappa shape index (κ3) is 6.11. The predicted molar refractivity (Wildman–Crippen MR) is 161 cm³/mol. The van der Waals surface area contributed by atoms with Gasteiger partial charge in [0.05, 0.1) is 48.1 Å². The number of carbonyl (C=O) groups excluding carboxylic acids is 1. The normalized spacial score (nSPS) is 21.2. The van der Waals surface area contributed by atoms with Crippen LogP contribution in [0.5, 0.6) is 5.75 Å². The van der Waals surface area contributed by atoms with Crippen LogP contribution in [0.2, 0.25) is 0 Å². The van der Waals surface area contributed by atoms with Gasteiger partial charge in [0.25, 0.3) is 5.91 Å². The minimum atomic E-state index is -0.765. The number of halogens is 1. The number of aromatic nitrogens is 4. The number of hydrogen-bond acceptors (Lipinski definition) is 8. The Morgan fingerprint density at radius 3 is 2.70 bits per heavy atom. The van der Waals surface area contributed by atoms with Crippen LogP contribution in [0.1, 0.15) is 60.3 Å². The molecule has 4 heterocycles. The number of hydrogen-bond donors (Lipinski definition) is 2. The van der Waals surface area contributed by atoms with E-state index < -0.39 is 17.3 Å². The quantitative estimate of drug-likeness (QED) is 0.313. The fourth-order valence-corrected chi connectivity index (χ4v) is 6.11. The van der Waals surface area contributed by atoms with E-state index in [1.165, 1.54) is 19.4 Å². The summed E-state index contributed by atoms with van der Waals surface area (Å²) in [6.45, 7) is 7.54. The molecule has 0 spiro atoms. The van der Waals surface area contributed by atoms with E-state index in [9.17, 15) is 9.90 Å². The van der Waals surface area contributed by atoms with Crippen LogP contribution in [0.25, 0.3) is 22.3 Å². The van der Waals surface area contributed by atoms with Gasteiger partial charge in [0.1, 0.15) is 11.4 Å². The van der Waals surface area contributed by atoms with E-state index in [-0.39, 0.29) is 17.3 Å². The summed E-state index contributed by atoms with van der Waals surface area (Å²) in [6.07, 6.45) is 5.74. The molecule has 0 radical (unpaired) electrons. The summed E-state index contributed by atoms with van der Waals surface area (Å²) >= 11 is 0. The van der Waals surface area contributed by atoms with Gasteiger partial charge in [-0.2, -0.15) is 0 Å². The summed E-state index contributed by atoms with van der Waals surface area (Å²) in [5.74, 6) is -0.635. The molecule has 226 valence electrons. The number of imidazole rings is 1. The number of methoxy groups -OCH3 is 1. The van der Waals surface area contributed by atoms with Gasteiger partial charge in [-0.1, -0.05) is 6.07 Å². The van der Waals surface area contributed by atoms with Crippen LogP contribution in [-0.4, -0.2) is 74.4 Å². The molecular formula is C32H37FN6O4. The lowest BCUT2D eigenvalue weighted by Crippen LogP contribution is -2.35. The van der Waals surface area contributed by atoms with Crippen molar-refractivity contribution in [3.05, 3.63) is 65.4 Å². The maximum Gasteiger partial charge on any atom is 0.261 e. The van der Waals surface area contributed by atoms with E-state index in [2.05, 4.69) is 32.3 Å². The Kier molecular flexibility index (Phi) is 8.13. The highest BCUT2D eigenvalue weighted by atomic mass is 19.1. The topological polar surface area (TPSA) is 115 Å². The first-order valence-corrected chi connectivity index (χ1v) is 14.7. The van der Waals surface area contributed by atoms with Crippen molar-refractivity contribution in [2.24, 2.45) is 0 Å². The first-order chi connectivity index (χ1) is 20.7. The Hall–Kier alpha value is -3.93. The second-order valence-electron chi connectivity index (χ2n) is 11.7. The van der Waals surface area contributed by atoms with E-state index in [4.69, 9.17) is 14.5 Å². The molecule has 0 unspecified atom stereocenters. The molecule has 1 aliphatic heterocycles. The lowest BCUT2D eigenvalue weighted by atomic mass is 9.83. The molecule has 1 aliphatic carbocycles. The molecule has 2 N–H and O–H groups in total. The van der Waals surface area contributed by atoms with Crippen LogP contribution in [0.15, 0.2) is 42.7 Å². The van der Waals surface area contributed by atoms with Crippen molar-refractivity contribution < 1.29 is 23.8 Å². The van der Waals surface area contributed by atoms with Crippen LogP contribution in [0, 0.1) is 12.7 Å². The Bertz CT molecular complexity index is 1640. The zero-order valence-corrected chi connectivity index (χ0v) is 24.8. The molecule has 43 heavy (non-hydrogen) atoms. The van der Waals surface area contributed by atoms with E-state index in [1.807, 2.05) is 17.6 Å². The van der Waals surface area contributed by atoms with E-state index in [0.717, 1.165) is 62.3 Å². The average molecular weight is 589 g/mol. The second-order valence-corrected chi connectivity index (χ2v) is 11.7. The predicted octanol–water partition coefficient (Wildman–Crippen LogP) is 4.90. The molecule has 6 rings (SSSR count). The van der Waals surface area contributed by atoms with Crippen molar-refractivity contribution in [3.8, 4) is 17.0 Å². The number of anilines is 1. The first kappa shape index (κ1) is 29.2. The molecule has 0 atom stereocenters. The smallest absolute Gasteiger partial charge is 0.261 e. The monoisotopic (exact) mass is 588 g/mol. The number of benzene rings is 1. The highest BCUT2D eigenvalue weighted by molar-refractivity contribution is 6.05. The van der Waals surface area contributed by atoms with Gasteiger partial charge >= 0.3 is 0 Å². The third-order valence-electron chi connectivity index (χ3n) is 8.47. The van der Waals surface area contributed by atoms with Gasteiger partial charge in [-0.05, 0) is 69.4 Å². The van der Waals surface area contributed by atoms with Crippen molar-refractivity contribution in [1.82, 2.24) is 24.4 Å². The largest absolute Gasteiger partial charge is 0.496 e. The Morgan fingerprint density at radius 2 is 1.95 bits per heavy atom. The van der Waals surface area contributed by atoms with Crippen molar-refractivity contribution in [2.45, 2.75) is 57.7 Å². The molecule has 3 aromatic heterocycles. The maximum atomic E-state index is 16.0. The fraction of sp³-hybridized carbons (Fsp3) is 0.438. The van der Waals surface area contributed by atoms with Gasteiger partial charge in [0, 0.05) is 43.8 Å². The Morgan fingerprint density at radius 1 is 1.19 bits per heavy atom. The number of fused-ring (bicyclic) bond motifs is 1. The number of aryl methyl sites for hydroxylation is 1. The van der Waals surface area contributed by atoms with Gasteiger partial charge in [-0.15, -0.1) is 0 Å². The highest BCUT2D eigenvalue weighted by Crippen LogP contribution is 2.39. The van der Waals surface area contributed by atoms with Gasteiger partial charge in [-0.3, -0.25) is 20.0 Å². The van der Waals surface area contributed by atoms with E-state index >= 15 is 4.39 Å². The Balaban J connectivity index is 1.36. The van der Waals surface area contributed by atoms with Crippen LogP contribution >= 0.6 is 0 Å². The van der Waals surface area contributed by atoms with E-state index in [1.54, 1.807) is 19.2 Å². The minimum Gasteiger partial charge on any atom is -0.496 e. The number of aliphatic hydroxyl groups is 1. The molecule has 2 fully saturated rings. The molecule has 2 aliphatic rings. The fourth-order valence-electron chi connectivity index (χ4n) is 6.11. The summed E-state index contributed by atoms with van der Waals surface area (Å²) in [5.41, 5.74) is 2.72. The average Bonchev–Trinajstić information content (AvgIpc) is 3.35. The van der Waals surface area contributed by atoms with Crippen molar-refractivity contribution in [1.29, 1.82) is 0 Å². The number of carbonyl (C=O) groups is 1. The number of rotatable bonds is 7. The van der Waals surface area contributed by atoms with Gasteiger partial charge in [0.15, 0.2) is 5.82 Å². The van der Waals surface area contributed by atoms with Crippen molar-refractivity contribution >= 4 is 22.9 Å². The molecule has 1 aromatic carbocycles. The highest BCUT2D eigenvalue weighted by Gasteiger charge is 2.32. The molecule has 0 bridgehead atoms. The molecular weight excluding hydrogens is 551 g/mol. The lowest BCUT2D eigenvalue weighted by Gasteiger charge is -2.34. The molecule has 1 saturated carbocycles. The van der Waals surface area contributed by atoms with Gasteiger partial charge in [0.2, 0.25) is 5.95 Å². The number of nitrogens with zero attached hydrogens (tertiary/aromatic N) is 5. The zero-order chi connectivity index (χ0) is 30.1. The number of ether oxygens (including phenoxy) is 2. The van der Waals surface area contributed by atoms with Crippen LogP contribution < -0.4 is 10.1 Å². The van der Waals surface area contributed by atoms with Gasteiger partial charge in [-0.25, -0.2) is 14.4 Å². The lowest BCUT2D eigenvalue weighted by molar-refractivity contribution is 0.0106. The standard InChI is InChI=1S/C32H37FN6O4/c1-20-16-23(28(33)29(35-20)24-18-34-11-8-27(24)42-3)30(40)37-31-36-25-17-21(19-38-12-14-43-15-13-38)4-5-26(25)39(31)22-6-9-32(2,41)10-7-22/h4-5,8,11,16-18,22,41H,6-7,9-10,12-15,19H2,1-3H3,(H,36,37,40)/t22-,32+. The summed E-state index contributed by atoms with van der Waals surface area (Å²) in [4.78, 5) is 29.4. The molecule has 11 heteroatoms. The number of nitrogens with one attached hydrogen (secondary N) is 1. The summed E-state index contributed by atoms with van der Waals surface area (Å²) in [7, 11) is 1.49. The van der Waals surface area contributed by atoms with Crippen LogP contribution in [0.4, 0.5) is 10.3 Å². The minimum absolute atomic E-state index is 0.00845. The van der Waals surface area contributed by atoms with Crippen LogP contribution in [0.3, 0.4) is 0 Å². The summed E-state index contributed by atoms with van der Waals surface area (Å²) < 4.78 is 28.9. The second kappa shape index (κ2) is 12.0. The maximum absolute atomic E-state index is 16.0. The van der Waals surface area contributed by atoms with Crippen LogP contribution in [-0.2, 0) is 11.3 Å². The molecule has 10 nitrogen and oxygen atoms in total. The molecule has 1 saturated heterocycles. The molecule has 4 aromatic rings. The summed E-state index contributed by atoms with van der Waals surface area (Å²) in [6, 6.07) is 9.27. The summed E-state index contributed by atoms with van der Waals surface area (Å²) in [5, 5.41) is 13.5. The van der Waals surface area contributed by atoms with E-state index in [0.29, 0.717) is 35.8 Å². The zero-order valence-electron chi connectivity index (χ0n) is 24.8. The number of morpholine rings is 1. The van der Waals surface area contributed by atoms with Crippen molar-refractivity contribution in [3.63, 3.8) is 0 Å². The molecule has 1 amide bonds. The van der Waals surface area contributed by atoms with Gasteiger partial charge < -0.3 is 19.1 Å².